The van der Waals surface area contributed by atoms with E-state index in [0.29, 0.717) is 50.7 Å². The molecule has 24 heavy (non-hydrogen) atoms. The molecule has 0 bridgehead atoms. The number of rotatable bonds is 3. The van der Waals surface area contributed by atoms with E-state index in [9.17, 15) is 9.59 Å². The molecule has 4 heterocycles. The van der Waals surface area contributed by atoms with Crippen molar-refractivity contribution in [2.75, 3.05) is 39.4 Å². The van der Waals surface area contributed by atoms with Gasteiger partial charge in [0.05, 0.1) is 37.3 Å². The zero-order chi connectivity index (χ0) is 16.5. The van der Waals surface area contributed by atoms with E-state index in [1.807, 2.05) is 0 Å². The fourth-order valence-electron chi connectivity index (χ4n) is 2.84. The summed E-state index contributed by atoms with van der Waals surface area (Å²) >= 11 is 0. The second kappa shape index (κ2) is 6.08. The lowest BCUT2D eigenvalue weighted by Gasteiger charge is -2.38. The van der Waals surface area contributed by atoms with E-state index in [0.717, 1.165) is 0 Å². The number of likely N-dealkylation sites (tertiary alicyclic amines) is 1. The molecule has 0 spiro atoms. The average Bonchev–Trinajstić information content (AvgIpc) is 3.25. The smallest absolute Gasteiger partial charge is 0.276 e. The SMILES string of the molecule is O=C(c1ccoc1)N1CC(n2cc(C(=O)N3CCOCC3)nn2)C1. The predicted molar refractivity (Wildman–Crippen MR) is 80.4 cm³/mol. The monoisotopic (exact) mass is 331 g/mol. The molecule has 0 N–H and O–H groups in total. The van der Waals surface area contributed by atoms with Crippen molar-refractivity contribution in [3.63, 3.8) is 0 Å². The van der Waals surface area contributed by atoms with Gasteiger partial charge in [-0.1, -0.05) is 5.21 Å². The molecule has 2 fully saturated rings. The number of hydrogen-bond acceptors (Lipinski definition) is 6. The first-order valence-corrected chi connectivity index (χ1v) is 7.82. The molecule has 2 aliphatic heterocycles. The van der Waals surface area contributed by atoms with Crippen LogP contribution in [-0.2, 0) is 4.74 Å². The standard InChI is InChI=1S/C15H17N5O4/c21-14(11-1-4-24-10-11)19-7-12(8-19)20-9-13(16-17-20)15(22)18-2-5-23-6-3-18/h1,4,9-10,12H,2-3,5-8H2. The number of ether oxygens (including phenoxy) is 1. The van der Waals surface area contributed by atoms with Crippen LogP contribution in [0.25, 0.3) is 0 Å². The quantitative estimate of drug-likeness (QED) is 0.788. The van der Waals surface area contributed by atoms with Gasteiger partial charge in [-0.25, -0.2) is 4.68 Å². The third kappa shape index (κ3) is 2.67. The maximum atomic E-state index is 12.3. The number of nitrogens with zero attached hydrogens (tertiary/aromatic N) is 5. The molecular formula is C15H17N5O4. The topological polar surface area (TPSA) is 93.7 Å². The third-order valence-electron chi connectivity index (χ3n) is 4.32. The first-order chi connectivity index (χ1) is 11.7. The van der Waals surface area contributed by atoms with Crippen LogP contribution in [0.4, 0.5) is 0 Å². The first-order valence-electron chi connectivity index (χ1n) is 7.82. The van der Waals surface area contributed by atoms with E-state index in [-0.39, 0.29) is 17.9 Å². The molecule has 0 aliphatic carbocycles. The Bertz CT molecular complexity index is 729. The highest BCUT2D eigenvalue weighted by Crippen LogP contribution is 2.23. The highest BCUT2D eigenvalue weighted by atomic mass is 16.5. The molecule has 9 heteroatoms. The van der Waals surface area contributed by atoms with E-state index in [4.69, 9.17) is 9.15 Å². The molecule has 0 radical (unpaired) electrons. The molecule has 2 amide bonds. The normalized spacial score (nSPS) is 18.5. The molecule has 0 atom stereocenters. The first kappa shape index (κ1) is 14.9. The summed E-state index contributed by atoms with van der Waals surface area (Å²) in [6, 6.07) is 1.68. The summed E-state index contributed by atoms with van der Waals surface area (Å²) in [6.07, 6.45) is 4.57. The molecule has 126 valence electrons. The second-order valence-electron chi connectivity index (χ2n) is 5.86. The molecule has 2 aromatic rings. The summed E-state index contributed by atoms with van der Waals surface area (Å²) < 4.78 is 11.8. The number of hydrogen-bond donors (Lipinski definition) is 0. The van der Waals surface area contributed by atoms with Gasteiger partial charge in [0, 0.05) is 26.2 Å². The van der Waals surface area contributed by atoms with Crippen molar-refractivity contribution < 1.29 is 18.7 Å². The molecule has 0 aromatic carbocycles. The van der Waals surface area contributed by atoms with E-state index in [1.54, 1.807) is 26.7 Å². The Morgan fingerprint density at radius 3 is 2.62 bits per heavy atom. The van der Waals surface area contributed by atoms with E-state index < -0.39 is 0 Å². The third-order valence-corrected chi connectivity index (χ3v) is 4.32. The van der Waals surface area contributed by atoms with Gasteiger partial charge in [-0.3, -0.25) is 9.59 Å². The van der Waals surface area contributed by atoms with Gasteiger partial charge in [0.2, 0.25) is 0 Å². The van der Waals surface area contributed by atoms with Crippen molar-refractivity contribution in [1.82, 2.24) is 24.8 Å². The second-order valence-corrected chi connectivity index (χ2v) is 5.86. The summed E-state index contributed by atoms with van der Waals surface area (Å²) in [7, 11) is 0. The maximum absolute atomic E-state index is 12.3. The minimum atomic E-state index is -0.129. The van der Waals surface area contributed by atoms with E-state index in [2.05, 4.69) is 10.3 Å². The Balaban J connectivity index is 1.36. The van der Waals surface area contributed by atoms with Gasteiger partial charge in [-0.05, 0) is 6.07 Å². The Kier molecular flexibility index (Phi) is 3.77. The van der Waals surface area contributed by atoms with Crippen LogP contribution in [0, 0.1) is 0 Å². The molecule has 2 aromatic heterocycles. The van der Waals surface area contributed by atoms with Gasteiger partial charge >= 0.3 is 0 Å². The van der Waals surface area contributed by atoms with Crippen LogP contribution in [0.3, 0.4) is 0 Å². The number of amides is 2. The van der Waals surface area contributed by atoms with Crippen molar-refractivity contribution in [2.45, 2.75) is 6.04 Å². The minimum absolute atomic E-state index is 0.0413. The van der Waals surface area contributed by atoms with Gasteiger partial charge in [0.15, 0.2) is 5.69 Å². The number of carbonyl (C=O) groups is 2. The van der Waals surface area contributed by atoms with Crippen molar-refractivity contribution >= 4 is 11.8 Å². The van der Waals surface area contributed by atoms with Crippen LogP contribution in [0.15, 0.2) is 29.2 Å². The highest BCUT2D eigenvalue weighted by molar-refractivity contribution is 5.94. The van der Waals surface area contributed by atoms with Gasteiger partial charge < -0.3 is 19.0 Å². The highest BCUT2D eigenvalue weighted by Gasteiger charge is 2.34. The molecule has 0 saturated carbocycles. The fraction of sp³-hybridized carbons (Fsp3) is 0.467. The lowest BCUT2D eigenvalue weighted by atomic mass is 10.1. The Hall–Kier alpha value is -2.68. The molecule has 0 unspecified atom stereocenters. The maximum Gasteiger partial charge on any atom is 0.276 e. The summed E-state index contributed by atoms with van der Waals surface area (Å²) in [5, 5.41) is 8.02. The van der Waals surface area contributed by atoms with Gasteiger partial charge in [-0.2, -0.15) is 0 Å². The number of carbonyl (C=O) groups excluding carboxylic acids is 2. The average molecular weight is 331 g/mol. The van der Waals surface area contributed by atoms with E-state index >= 15 is 0 Å². The van der Waals surface area contributed by atoms with Crippen LogP contribution in [0.2, 0.25) is 0 Å². The van der Waals surface area contributed by atoms with Crippen molar-refractivity contribution in [2.24, 2.45) is 0 Å². The van der Waals surface area contributed by atoms with Crippen molar-refractivity contribution in [3.8, 4) is 0 Å². The Morgan fingerprint density at radius 1 is 1.12 bits per heavy atom. The number of furan rings is 1. The van der Waals surface area contributed by atoms with Crippen molar-refractivity contribution in [3.05, 3.63) is 36.0 Å². The lowest BCUT2D eigenvalue weighted by molar-refractivity contribution is 0.0298. The lowest BCUT2D eigenvalue weighted by Crippen LogP contribution is -2.50. The number of morpholine rings is 1. The Labute approximate surface area is 137 Å². The summed E-state index contributed by atoms with van der Waals surface area (Å²) in [6.45, 7) is 3.32. The molecular weight excluding hydrogens is 314 g/mol. The molecule has 9 nitrogen and oxygen atoms in total. The Morgan fingerprint density at radius 2 is 1.92 bits per heavy atom. The minimum Gasteiger partial charge on any atom is -0.472 e. The molecule has 2 saturated heterocycles. The molecule has 4 rings (SSSR count). The van der Waals surface area contributed by atoms with Crippen molar-refractivity contribution in [1.29, 1.82) is 0 Å². The zero-order valence-corrected chi connectivity index (χ0v) is 13.0. The predicted octanol–water partition coefficient (Wildman–Crippen LogP) is 0.0406. The summed E-state index contributed by atoms with van der Waals surface area (Å²) in [5.41, 5.74) is 0.867. The zero-order valence-electron chi connectivity index (χ0n) is 13.0. The van der Waals surface area contributed by atoms with Crippen LogP contribution in [-0.4, -0.2) is 76.0 Å². The largest absolute Gasteiger partial charge is 0.472 e. The van der Waals surface area contributed by atoms with Crippen LogP contribution in [0.1, 0.15) is 26.9 Å². The van der Waals surface area contributed by atoms with Crippen LogP contribution < -0.4 is 0 Å². The fourth-order valence-corrected chi connectivity index (χ4v) is 2.84. The summed E-state index contributed by atoms with van der Waals surface area (Å²) in [4.78, 5) is 27.9. The van der Waals surface area contributed by atoms with Gasteiger partial charge in [0.25, 0.3) is 11.8 Å². The summed E-state index contributed by atoms with van der Waals surface area (Å²) in [5.74, 6) is -0.195. The number of aromatic nitrogens is 3. The van der Waals surface area contributed by atoms with Gasteiger partial charge in [0.1, 0.15) is 6.26 Å². The van der Waals surface area contributed by atoms with E-state index in [1.165, 1.54) is 12.5 Å². The molecule has 2 aliphatic rings. The van der Waals surface area contributed by atoms with Crippen LogP contribution in [0.5, 0.6) is 0 Å². The van der Waals surface area contributed by atoms with Gasteiger partial charge in [-0.15, -0.1) is 5.10 Å². The van der Waals surface area contributed by atoms with Crippen LogP contribution >= 0.6 is 0 Å².